The molecule has 1 aliphatic carbocycles. The van der Waals surface area contributed by atoms with Gasteiger partial charge in [0.2, 0.25) is 5.91 Å². The summed E-state index contributed by atoms with van der Waals surface area (Å²) < 4.78 is 0. The standard InChI is InChI=1S/C10H17NO2/c12-8-4-1-2-5-10(8)6-3-7-11-9(10)13/h8,12H,1-7H2,(H,11,13)/t8-,10+/m1/s1. The van der Waals surface area contributed by atoms with Crippen LogP contribution in [-0.2, 0) is 4.79 Å². The lowest BCUT2D eigenvalue weighted by molar-refractivity contribution is -0.145. The van der Waals surface area contributed by atoms with Gasteiger partial charge in [-0.15, -0.1) is 0 Å². The summed E-state index contributed by atoms with van der Waals surface area (Å²) in [7, 11) is 0. The van der Waals surface area contributed by atoms with Gasteiger partial charge >= 0.3 is 0 Å². The minimum Gasteiger partial charge on any atom is -0.392 e. The first-order valence-corrected chi connectivity index (χ1v) is 5.22. The Morgan fingerprint density at radius 1 is 1.31 bits per heavy atom. The second-order valence-corrected chi connectivity index (χ2v) is 4.28. The van der Waals surface area contributed by atoms with Gasteiger partial charge in [-0.05, 0) is 25.7 Å². The third kappa shape index (κ3) is 1.35. The Kier molecular flexibility index (Phi) is 2.28. The van der Waals surface area contributed by atoms with Crippen LogP contribution in [0.15, 0.2) is 0 Å². The van der Waals surface area contributed by atoms with Gasteiger partial charge in [0.25, 0.3) is 0 Å². The van der Waals surface area contributed by atoms with Gasteiger partial charge in [-0.25, -0.2) is 0 Å². The molecule has 1 amide bonds. The van der Waals surface area contributed by atoms with Crippen LogP contribution in [0.25, 0.3) is 0 Å². The van der Waals surface area contributed by atoms with Crippen LogP contribution in [0.5, 0.6) is 0 Å². The second kappa shape index (κ2) is 3.29. The number of hydrogen-bond acceptors (Lipinski definition) is 2. The Bertz CT molecular complexity index is 211. The summed E-state index contributed by atoms with van der Waals surface area (Å²) in [6.45, 7) is 0.785. The Morgan fingerprint density at radius 3 is 2.77 bits per heavy atom. The highest BCUT2D eigenvalue weighted by Gasteiger charge is 2.47. The molecule has 1 heterocycles. The summed E-state index contributed by atoms with van der Waals surface area (Å²) in [4.78, 5) is 11.7. The monoisotopic (exact) mass is 183 g/mol. The van der Waals surface area contributed by atoms with Gasteiger partial charge < -0.3 is 10.4 Å². The number of carbonyl (C=O) groups is 1. The number of carbonyl (C=O) groups excluding carboxylic acids is 1. The third-order valence-electron chi connectivity index (χ3n) is 3.53. The fourth-order valence-electron chi connectivity index (χ4n) is 2.67. The maximum Gasteiger partial charge on any atom is 0.228 e. The zero-order valence-corrected chi connectivity index (χ0v) is 7.88. The molecule has 0 aromatic carbocycles. The molecule has 0 unspecified atom stereocenters. The molecule has 2 N–H and O–H groups in total. The van der Waals surface area contributed by atoms with Crippen LogP contribution in [-0.4, -0.2) is 23.7 Å². The van der Waals surface area contributed by atoms with Crippen molar-refractivity contribution in [3.05, 3.63) is 0 Å². The molecule has 1 saturated heterocycles. The number of aliphatic hydroxyl groups is 1. The van der Waals surface area contributed by atoms with Crippen molar-refractivity contribution in [2.24, 2.45) is 5.41 Å². The van der Waals surface area contributed by atoms with Crippen molar-refractivity contribution in [1.29, 1.82) is 0 Å². The topological polar surface area (TPSA) is 49.3 Å². The summed E-state index contributed by atoms with van der Waals surface area (Å²) in [6, 6.07) is 0. The van der Waals surface area contributed by atoms with Crippen LogP contribution in [0.2, 0.25) is 0 Å². The van der Waals surface area contributed by atoms with Crippen LogP contribution < -0.4 is 5.32 Å². The van der Waals surface area contributed by atoms with Gasteiger partial charge in [-0.2, -0.15) is 0 Å². The largest absolute Gasteiger partial charge is 0.392 e. The predicted molar refractivity (Wildman–Crippen MR) is 49.2 cm³/mol. The molecule has 0 aromatic heterocycles. The molecule has 1 saturated carbocycles. The van der Waals surface area contributed by atoms with Gasteiger partial charge in [-0.1, -0.05) is 12.8 Å². The SMILES string of the molecule is O=C1NCCC[C@]12CCCC[C@H]2O. The minimum absolute atomic E-state index is 0.0888. The smallest absolute Gasteiger partial charge is 0.228 e. The number of rotatable bonds is 0. The number of hydrogen-bond donors (Lipinski definition) is 2. The van der Waals surface area contributed by atoms with Gasteiger partial charge in [0.15, 0.2) is 0 Å². The van der Waals surface area contributed by atoms with E-state index < -0.39 is 11.5 Å². The first-order chi connectivity index (χ1) is 6.26. The Morgan fingerprint density at radius 2 is 2.08 bits per heavy atom. The Balaban J connectivity index is 2.18. The van der Waals surface area contributed by atoms with Gasteiger partial charge in [0, 0.05) is 6.54 Å². The molecule has 2 rings (SSSR count). The molecule has 0 aromatic rings. The molecular formula is C10H17NO2. The second-order valence-electron chi connectivity index (χ2n) is 4.28. The highest BCUT2D eigenvalue weighted by molar-refractivity contribution is 5.84. The number of aliphatic hydroxyl groups excluding tert-OH is 1. The maximum absolute atomic E-state index is 11.7. The fourth-order valence-corrected chi connectivity index (χ4v) is 2.67. The molecular weight excluding hydrogens is 166 g/mol. The highest BCUT2D eigenvalue weighted by atomic mass is 16.3. The van der Waals surface area contributed by atoms with Crippen molar-refractivity contribution in [3.8, 4) is 0 Å². The maximum atomic E-state index is 11.7. The Labute approximate surface area is 78.5 Å². The molecule has 2 aliphatic rings. The van der Waals surface area contributed by atoms with Crippen molar-refractivity contribution in [2.45, 2.75) is 44.6 Å². The molecule has 13 heavy (non-hydrogen) atoms. The summed E-state index contributed by atoms with van der Waals surface area (Å²) in [5.41, 5.74) is -0.420. The van der Waals surface area contributed by atoms with E-state index in [0.717, 1.165) is 45.1 Å². The van der Waals surface area contributed by atoms with Gasteiger partial charge in [0.05, 0.1) is 11.5 Å². The summed E-state index contributed by atoms with van der Waals surface area (Å²) in [5.74, 6) is 0.0888. The third-order valence-corrected chi connectivity index (χ3v) is 3.53. The molecule has 2 atom stereocenters. The van der Waals surface area contributed by atoms with Crippen molar-refractivity contribution in [1.82, 2.24) is 5.32 Å². The highest BCUT2D eigenvalue weighted by Crippen LogP contribution is 2.42. The lowest BCUT2D eigenvalue weighted by Crippen LogP contribution is -2.53. The van der Waals surface area contributed by atoms with Gasteiger partial charge in [-0.3, -0.25) is 4.79 Å². The quantitative estimate of drug-likeness (QED) is 0.584. The van der Waals surface area contributed by atoms with E-state index in [1.165, 1.54) is 0 Å². The van der Waals surface area contributed by atoms with Crippen LogP contribution in [0.1, 0.15) is 38.5 Å². The zero-order valence-electron chi connectivity index (χ0n) is 7.88. The first-order valence-electron chi connectivity index (χ1n) is 5.22. The predicted octanol–water partition coefficient (Wildman–Crippen LogP) is 0.818. The number of piperidine rings is 1. The molecule has 0 radical (unpaired) electrons. The number of nitrogens with one attached hydrogen (secondary N) is 1. The summed E-state index contributed by atoms with van der Waals surface area (Å²) in [6.07, 6.45) is 5.32. The molecule has 3 nitrogen and oxygen atoms in total. The first kappa shape index (κ1) is 9.00. The number of amides is 1. The van der Waals surface area contributed by atoms with Gasteiger partial charge in [0.1, 0.15) is 0 Å². The molecule has 2 fully saturated rings. The molecule has 74 valence electrons. The van der Waals surface area contributed by atoms with Crippen LogP contribution >= 0.6 is 0 Å². The van der Waals surface area contributed by atoms with Crippen LogP contribution in [0, 0.1) is 5.41 Å². The van der Waals surface area contributed by atoms with E-state index in [0.29, 0.717) is 0 Å². The minimum atomic E-state index is -0.420. The van der Waals surface area contributed by atoms with Crippen molar-refractivity contribution in [3.63, 3.8) is 0 Å². The lowest BCUT2D eigenvalue weighted by Gasteiger charge is -2.42. The van der Waals surface area contributed by atoms with E-state index in [1.807, 2.05) is 0 Å². The average Bonchev–Trinajstić information content (AvgIpc) is 2.15. The van der Waals surface area contributed by atoms with Crippen molar-refractivity contribution >= 4 is 5.91 Å². The fraction of sp³-hybridized carbons (Fsp3) is 0.900. The zero-order chi connectivity index (χ0) is 9.31. The lowest BCUT2D eigenvalue weighted by atomic mass is 9.67. The summed E-state index contributed by atoms with van der Waals surface area (Å²) in [5, 5.41) is 12.8. The molecule has 1 aliphatic heterocycles. The molecule has 3 heteroatoms. The van der Waals surface area contributed by atoms with E-state index in [9.17, 15) is 9.90 Å². The molecule has 0 bridgehead atoms. The molecule has 1 spiro atoms. The summed E-state index contributed by atoms with van der Waals surface area (Å²) >= 11 is 0. The normalized spacial score (nSPS) is 40.4. The van der Waals surface area contributed by atoms with Crippen LogP contribution in [0.4, 0.5) is 0 Å². The van der Waals surface area contributed by atoms with E-state index in [4.69, 9.17) is 0 Å². The van der Waals surface area contributed by atoms with E-state index in [-0.39, 0.29) is 5.91 Å². The van der Waals surface area contributed by atoms with Crippen molar-refractivity contribution in [2.75, 3.05) is 6.54 Å². The Hall–Kier alpha value is -0.570. The average molecular weight is 183 g/mol. The van der Waals surface area contributed by atoms with Crippen LogP contribution in [0.3, 0.4) is 0 Å². The van der Waals surface area contributed by atoms with E-state index >= 15 is 0 Å². The van der Waals surface area contributed by atoms with E-state index in [1.54, 1.807) is 0 Å². The van der Waals surface area contributed by atoms with E-state index in [2.05, 4.69) is 5.32 Å². The van der Waals surface area contributed by atoms with Crippen molar-refractivity contribution < 1.29 is 9.90 Å².